The molecule has 33 heavy (non-hydrogen) atoms. The Morgan fingerprint density at radius 1 is 0.848 bits per heavy atom. The lowest BCUT2D eigenvalue weighted by molar-refractivity contribution is 0.186. The van der Waals surface area contributed by atoms with E-state index >= 15 is 0 Å². The molecule has 0 heterocycles. The Labute approximate surface area is 204 Å². The van der Waals surface area contributed by atoms with E-state index in [1.54, 1.807) is 0 Å². The third-order valence-corrected chi connectivity index (χ3v) is 11.5. The normalized spacial score (nSPS) is 13.5. The van der Waals surface area contributed by atoms with E-state index in [0.717, 1.165) is 18.6 Å². The topological polar surface area (TPSA) is 21.6 Å². The van der Waals surface area contributed by atoms with Gasteiger partial charge in [-0.3, -0.25) is 4.99 Å². The highest BCUT2D eigenvalue weighted by atomic mass is 28.4. The van der Waals surface area contributed by atoms with Crippen LogP contribution in [0.25, 0.3) is 0 Å². The maximum atomic E-state index is 6.77. The van der Waals surface area contributed by atoms with Crippen molar-refractivity contribution in [2.24, 2.45) is 4.99 Å². The van der Waals surface area contributed by atoms with Crippen molar-refractivity contribution in [1.29, 1.82) is 0 Å². The number of aryl methyl sites for hydroxylation is 4. The standard InChI is InChI=1S/C30H45NOSi/c1-10-14-29(21-26(9)32-33(11-2,12-3)13-4)31-30(27-17-22(5)15-23(6)18-27)28-19-24(7)16-25(8)20-28/h10,15-20,26,29H,1,11-14,21H2,2-9H3/t26-,29+/m1/s1. The van der Waals surface area contributed by atoms with E-state index in [-0.39, 0.29) is 12.1 Å². The minimum absolute atomic E-state index is 0.145. The molecule has 2 atom stereocenters. The highest BCUT2D eigenvalue weighted by molar-refractivity contribution is 6.73. The van der Waals surface area contributed by atoms with Crippen LogP contribution in [0.4, 0.5) is 0 Å². The lowest BCUT2D eigenvalue weighted by Crippen LogP contribution is -2.39. The third kappa shape index (κ3) is 7.79. The first kappa shape index (κ1) is 27.3. The predicted octanol–water partition coefficient (Wildman–Crippen LogP) is 8.50. The van der Waals surface area contributed by atoms with Crippen LogP contribution in [-0.2, 0) is 4.43 Å². The molecule has 0 bridgehead atoms. The molecule has 0 amide bonds. The molecule has 0 unspecified atom stereocenters. The van der Waals surface area contributed by atoms with Gasteiger partial charge in [0.05, 0.1) is 11.8 Å². The minimum Gasteiger partial charge on any atom is -0.414 e. The summed E-state index contributed by atoms with van der Waals surface area (Å²) in [5, 5.41) is 0. The smallest absolute Gasteiger partial charge is 0.192 e. The number of rotatable bonds is 12. The molecule has 0 radical (unpaired) electrons. The molecular formula is C30H45NOSi. The summed E-state index contributed by atoms with van der Waals surface area (Å²) in [6.07, 6.45) is 3.97. The SMILES string of the molecule is C=CC[C@@H](C[C@@H](C)O[Si](CC)(CC)CC)N=C(c1cc(C)cc(C)c1)c1cc(C)cc(C)c1. The maximum Gasteiger partial charge on any atom is 0.192 e. The fourth-order valence-corrected chi connectivity index (χ4v) is 7.92. The van der Waals surface area contributed by atoms with Crippen molar-refractivity contribution in [1.82, 2.24) is 0 Å². The monoisotopic (exact) mass is 463 g/mol. The maximum absolute atomic E-state index is 6.77. The second-order valence-electron chi connectivity index (χ2n) is 9.82. The van der Waals surface area contributed by atoms with Crippen LogP contribution in [0.3, 0.4) is 0 Å². The van der Waals surface area contributed by atoms with Gasteiger partial charge in [-0.05, 0) is 89.9 Å². The summed E-state index contributed by atoms with van der Waals surface area (Å²) in [5.74, 6) is 0. The molecule has 2 nitrogen and oxygen atoms in total. The van der Waals surface area contributed by atoms with E-state index in [9.17, 15) is 0 Å². The van der Waals surface area contributed by atoms with Gasteiger partial charge in [-0.2, -0.15) is 0 Å². The summed E-state index contributed by atoms with van der Waals surface area (Å²) >= 11 is 0. The Morgan fingerprint density at radius 3 is 1.64 bits per heavy atom. The summed E-state index contributed by atoms with van der Waals surface area (Å²) in [6, 6.07) is 17.2. The number of nitrogens with zero attached hydrogens (tertiary/aromatic N) is 1. The van der Waals surface area contributed by atoms with E-state index in [1.165, 1.54) is 51.5 Å². The van der Waals surface area contributed by atoms with Gasteiger partial charge in [0.1, 0.15) is 0 Å². The van der Waals surface area contributed by atoms with Crippen LogP contribution in [0, 0.1) is 27.7 Å². The van der Waals surface area contributed by atoms with Gasteiger partial charge in [0, 0.05) is 17.2 Å². The molecule has 2 aromatic rings. The van der Waals surface area contributed by atoms with Gasteiger partial charge in [0.25, 0.3) is 0 Å². The zero-order chi connectivity index (χ0) is 24.6. The molecule has 2 rings (SSSR count). The molecule has 0 saturated carbocycles. The molecule has 0 aliphatic rings. The molecule has 0 aliphatic heterocycles. The van der Waals surface area contributed by atoms with E-state index in [4.69, 9.17) is 9.42 Å². The fraction of sp³-hybridized carbons (Fsp3) is 0.500. The zero-order valence-corrected chi connectivity index (χ0v) is 23.3. The average Bonchev–Trinajstić information content (AvgIpc) is 2.74. The molecule has 0 aliphatic carbocycles. The second-order valence-corrected chi connectivity index (χ2v) is 14.5. The summed E-state index contributed by atoms with van der Waals surface area (Å²) < 4.78 is 6.77. The Morgan fingerprint density at radius 2 is 1.27 bits per heavy atom. The van der Waals surface area contributed by atoms with Gasteiger partial charge in [-0.1, -0.05) is 61.2 Å². The quantitative estimate of drug-likeness (QED) is 0.176. The number of aliphatic imine (C=N–C) groups is 1. The summed E-state index contributed by atoms with van der Waals surface area (Å²) in [7, 11) is -1.64. The average molecular weight is 464 g/mol. The molecule has 180 valence electrons. The highest BCUT2D eigenvalue weighted by Gasteiger charge is 2.31. The van der Waals surface area contributed by atoms with E-state index < -0.39 is 8.32 Å². The van der Waals surface area contributed by atoms with Crippen LogP contribution in [0.15, 0.2) is 54.0 Å². The zero-order valence-electron chi connectivity index (χ0n) is 22.3. The second kappa shape index (κ2) is 12.5. The Hall–Kier alpha value is -1.97. The molecule has 0 saturated heterocycles. The van der Waals surface area contributed by atoms with E-state index in [2.05, 4.69) is 98.4 Å². The first-order chi connectivity index (χ1) is 15.6. The predicted molar refractivity (Wildman–Crippen MR) is 148 cm³/mol. The highest BCUT2D eigenvalue weighted by Crippen LogP contribution is 2.26. The lowest BCUT2D eigenvalue weighted by Gasteiger charge is -2.32. The van der Waals surface area contributed by atoms with Crippen molar-refractivity contribution in [3.63, 3.8) is 0 Å². The number of benzene rings is 2. The van der Waals surface area contributed by atoms with Crippen LogP contribution in [0.2, 0.25) is 18.1 Å². The van der Waals surface area contributed by atoms with Gasteiger partial charge in [-0.25, -0.2) is 0 Å². The van der Waals surface area contributed by atoms with Crippen LogP contribution in [-0.4, -0.2) is 26.2 Å². The van der Waals surface area contributed by atoms with Gasteiger partial charge in [0.2, 0.25) is 0 Å². The molecular weight excluding hydrogens is 418 g/mol. The largest absolute Gasteiger partial charge is 0.414 e. The number of hydrogen-bond donors (Lipinski definition) is 0. The third-order valence-electron chi connectivity index (χ3n) is 6.73. The fourth-order valence-electron chi connectivity index (χ4n) is 4.97. The van der Waals surface area contributed by atoms with Crippen LogP contribution >= 0.6 is 0 Å². The first-order valence-electron chi connectivity index (χ1n) is 12.7. The Bertz CT molecular complexity index is 855. The van der Waals surface area contributed by atoms with Crippen molar-refractivity contribution in [3.8, 4) is 0 Å². The number of hydrogen-bond acceptors (Lipinski definition) is 2. The molecule has 0 aromatic heterocycles. The summed E-state index contributed by atoms with van der Waals surface area (Å²) in [5.41, 5.74) is 8.54. The van der Waals surface area contributed by atoms with E-state index in [1.807, 2.05) is 6.08 Å². The summed E-state index contributed by atoms with van der Waals surface area (Å²) in [6.45, 7) is 21.8. The van der Waals surface area contributed by atoms with Crippen LogP contribution in [0.1, 0.15) is 73.9 Å². The molecule has 0 fully saturated rings. The molecule has 0 spiro atoms. The van der Waals surface area contributed by atoms with Crippen molar-refractivity contribution in [2.75, 3.05) is 0 Å². The van der Waals surface area contributed by atoms with E-state index in [0.29, 0.717) is 0 Å². The van der Waals surface area contributed by atoms with Gasteiger partial charge in [0.15, 0.2) is 8.32 Å². The van der Waals surface area contributed by atoms with Gasteiger partial charge in [-0.15, -0.1) is 6.58 Å². The molecule has 0 N–H and O–H groups in total. The van der Waals surface area contributed by atoms with Crippen molar-refractivity contribution >= 4 is 14.0 Å². The lowest BCUT2D eigenvalue weighted by atomic mass is 9.95. The summed E-state index contributed by atoms with van der Waals surface area (Å²) in [4.78, 5) is 5.40. The van der Waals surface area contributed by atoms with Gasteiger partial charge >= 0.3 is 0 Å². The van der Waals surface area contributed by atoms with Crippen molar-refractivity contribution in [2.45, 2.75) is 98.5 Å². The van der Waals surface area contributed by atoms with Crippen LogP contribution < -0.4 is 0 Å². The van der Waals surface area contributed by atoms with Crippen molar-refractivity contribution < 1.29 is 4.43 Å². The molecule has 2 aromatic carbocycles. The first-order valence-corrected chi connectivity index (χ1v) is 15.2. The Balaban J connectivity index is 2.50. The van der Waals surface area contributed by atoms with Crippen molar-refractivity contribution in [3.05, 3.63) is 82.4 Å². The molecule has 3 heteroatoms. The van der Waals surface area contributed by atoms with Crippen LogP contribution in [0.5, 0.6) is 0 Å². The Kier molecular flexibility index (Phi) is 10.3. The van der Waals surface area contributed by atoms with Gasteiger partial charge < -0.3 is 4.43 Å². The minimum atomic E-state index is -1.64.